The van der Waals surface area contributed by atoms with Gasteiger partial charge in [0.1, 0.15) is 5.56 Å². The molecule has 2 saturated heterocycles. The molecule has 0 saturated carbocycles. The van der Waals surface area contributed by atoms with Crippen LogP contribution in [-0.2, 0) is 12.7 Å². The molecule has 1 aromatic carbocycles. The molecule has 0 amide bonds. The maximum absolute atomic E-state index is 13.7. The molecule has 3 aromatic rings. The van der Waals surface area contributed by atoms with E-state index in [2.05, 4.69) is 35.3 Å². The molecule has 0 aliphatic carbocycles. The minimum absolute atomic E-state index is 0.0462. The van der Waals surface area contributed by atoms with Crippen LogP contribution in [0.1, 0.15) is 32.3 Å². The molecule has 2 fully saturated rings. The summed E-state index contributed by atoms with van der Waals surface area (Å²) in [6.07, 6.45) is 1.13. The number of nitrogens with one attached hydrogen (secondary N) is 3. The van der Waals surface area contributed by atoms with E-state index in [1.807, 2.05) is 24.3 Å². The number of rotatable bonds is 9. The molecule has 0 bridgehead atoms. The second kappa shape index (κ2) is 11.4. The van der Waals surface area contributed by atoms with Crippen molar-refractivity contribution in [3.05, 3.63) is 48.4 Å². The first-order valence-electron chi connectivity index (χ1n) is 13.0. The normalized spacial score (nSPS) is 17.8. The lowest BCUT2D eigenvalue weighted by atomic mass is 10.0. The molecule has 4 heterocycles. The Morgan fingerprint density at radius 1 is 1.08 bits per heavy atom. The predicted octanol–water partition coefficient (Wildman–Crippen LogP) is 3.91. The van der Waals surface area contributed by atoms with Crippen molar-refractivity contribution in [2.45, 2.75) is 62.0 Å². The van der Waals surface area contributed by atoms with Crippen molar-refractivity contribution < 1.29 is 18.3 Å². The predicted molar refractivity (Wildman–Crippen MR) is 145 cm³/mol. The highest BCUT2D eigenvalue weighted by molar-refractivity contribution is 7.97. The topological polar surface area (TPSA) is 103 Å². The molecule has 0 atom stereocenters. The van der Waals surface area contributed by atoms with Gasteiger partial charge in [0.2, 0.25) is 5.95 Å². The van der Waals surface area contributed by atoms with Gasteiger partial charge >= 0.3 is 6.18 Å². The number of halogens is 3. The fraction of sp³-hybridized carbons (Fsp3) is 0.500. The first-order chi connectivity index (χ1) is 18.5. The number of benzene rings is 1. The van der Waals surface area contributed by atoms with E-state index in [9.17, 15) is 18.3 Å². The van der Waals surface area contributed by atoms with E-state index >= 15 is 0 Å². The van der Waals surface area contributed by atoms with E-state index in [1.165, 1.54) is 17.1 Å². The van der Waals surface area contributed by atoms with E-state index in [0.717, 1.165) is 50.1 Å². The second-order valence-electron chi connectivity index (χ2n) is 10.7. The zero-order valence-electron chi connectivity index (χ0n) is 21.9. The van der Waals surface area contributed by atoms with Crippen LogP contribution in [0.25, 0.3) is 11.3 Å². The molecule has 0 spiro atoms. The Morgan fingerprint density at radius 2 is 1.79 bits per heavy atom. The number of aliphatic hydroxyl groups is 1. The lowest BCUT2D eigenvalue weighted by Crippen LogP contribution is -2.59. The highest BCUT2D eigenvalue weighted by Gasteiger charge is 2.36. The van der Waals surface area contributed by atoms with Gasteiger partial charge in [0.05, 0.1) is 24.0 Å². The van der Waals surface area contributed by atoms with Crippen molar-refractivity contribution >= 4 is 23.6 Å². The Bertz CT molecular complexity index is 1250. The van der Waals surface area contributed by atoms with Gasteiger partial charge in [-0.1, -0.05) is 0 Å². The number of hydrogen-bond acceptors (Lipinski definition) is 9. The van der Waals surface area contributed by atoms with Gasteiger partial charge in [-0.3, -0.25) is 4.68 Å². The summed E-state index contributed by atoms with van der Waals surface area (Å²) in [7, 11) is 0. The number of aromatic nitrogens is 4. The van der Waals surface area contributed by atoms with E-state index in [1.54, 1.807) is 25.8 Å². The van der Waals surface area contributed by atoms with Crippen molar-refractivity contribution in [3.63, 3.8) is 0 Å². The van der Waals surface area contributed by atoms with Gasteiger partial charge in [0.15, 0.2) is 0 Å². The minimum Gasteiger partial charge on any atom is -0.389 e. The van der Waals surface area contributed by atoms with Crippen molar-refractivity contribution in [1.82, 2.24) is 34.7 Å². The summed E-state index contributed by atoms with van der Waals surface area (Å²) in [6.45, 7) is 7.46. The van der Waals surface area contributed by atoms with E-state index in [0.29, 0.717) is 17.8 Å². The molecule has 2 aromatic heterocycles. The quantitative estimate of drug-likeness (QED) is 0.289. The maximum atomic E-state index is 13.7. The minimum atomic E-state index is -4.63. The molecule has 4 N–H and O–H groups in total. The van der Waals surface area contributed by atoms with Crippen LogP contribution >= 0.6 is 11.9 Å². The number of hydrogen-bond donors (Lipinski definition) is 4. The number of piperidine rings is 1. The Morgan fingerprint density at radius 3 is 2.41 bits per heavy atom. The maximum Gasteiger partial charge on any atom is 0.419 e. The van der Waals surface area contributed by atoms with Gasteiger partial charge < -0.3 is 21.1 Å². The third kappa shape index (κ3) is 7.48. The Labute approximate surface area is 229 Å². The molecule has 0 radical (unpaired) electrons. The Kier molecular flexibility index (Phi) is 8.15. The summed E-state index contributed by atoms with van der Waals surface area (Å²) in [6, 6.07) is 8.86. The summed E-state index contributed by atoms with van der Waals surface area (Å²) in [5, 5.41) is 24.1. The molecule has 39 heavy (non-hydrogen) atoms. The number of anilines is 2. The smallest absolute Gasteiger partial charge is 0.389 e. The van der Waals surface area contributed by atoms with Crippen LogP contribution in [0.4, 0.5) is 24.8 Å². The molecule has 0 unspecified atom stereocenters. The van der Waals surface area contributed by atoms with Gasteiger partial charge in [-0.05, 0) is 62.9 Å². The average molecular weight is 563 g/mol. The van der Waals surface area contributed by atoms with Crippen LogP contribution in [0.3, 0.4) is 0 Å². The highest BCUT2D eigenvalue weighted by atomic mass is 32.2. The summed E-state index contributed by atoms with van der Waals surface area (Å²) in [5.41, 5.74) is -1.45. The molecular weight excluding hydrogens is 529 g/mol. The lowest BCUT2D eigenvalue weighted by Gasteiger charge is -2.37. The lowest BCUT2D eigenvalue weighted by molar-refractivity contribution is -0.137. The van der Waals surface area contributed by atoms with Crippen LogP contribution in [0.5, 0.6) is 0 Å². The monoisotopic (exact) mass is 562 g/mol. The van der Waals surface area contributed by atoms with E-state index in [4.69, 9.17) is 0 Å². The summed E-state index contributed by atoms with van der Waals surface area (Å²) >= 11 is 1.71. The molecule has 5 rings (SSSR count). The molecule has 9 nitrogen and oxygen atoms in total. The van der Waals surface area contributed by atoms with Gasteiger partial charge in [0.25, 0.3) is 0 Å². The zero-order chi connectivity index (χ0) is 27.6. The van der Waals surface area contributed by atoms with Crippen LogP contribution < -0.4 is 16.0 Å². The van der Waals surface area contributed by atoms with Crippen LogP contribution in [0.15, 0.2) is 47.8 Å². The number of alkyl halides is 3. The Hall–Kier alpha value is -2.71. The van der Waals surface area contributed by atoms with E-state index in [-0.39, 0.29) is 23.8 Å². The number of nitrogens with zero attached hydrogens (tertiary/aromatic N) is 5. The van der Waals surface area contributed by atoms with Gasteiger partial charge in [-0.15, -0.1) is 0 Å². The molecule has 2 aliphatic rings. The van der Waals surface area contributed by atoms with Gasteiger partial charge in [-0.2, -0.15) is 18.3 Å². The van der Waals surface area contributed by atoms with Gasteiger partial charge in [-0.25, -0.2) is 14.3 Å². The summed E-state index contributed by atoms with van der Waals surface area (Å²) < 4.78 is 44.9. The van der Waals surface area contributed by atoms with Crippen LogP contribution in [-0.4, -0.2) is 73.0 Å². The average Bonchev–Trinajstić information content (AvgIpc) is 3.30. The second-order valence-corrected chi connectivity index (χ2v) is 11.8. The Balaban J connectivity index is 1.23. The van der Waals surface area contributed by atoms with Gasteiger partial charge in [0, 0.05) is 66.8 Å². The largest absolute Gasteiger partial charge is 0.419 e. The van der Waals surface area contributed by atoms with Crippen LogP contribution in [0, 0.1) is 0 Å². The third-order valence-corrected chi connectivity index (χ3v) is 7.71. The highest BCUT2D eigenvalue weighted by Crippen LogP contribution is 2.36. The molecule has 210 valence electrons. The fourth-order valence-corrected chi connectivity index (χ4v) is 5.52. The molecular formula is C26H33F3N8OS. The SMILES string of the molecule is CC(C)(O)Cn1cc(-c2nc(Nc3ccc(SN4CCC(NC5CNC5)CC4)cc3)ncc2C(F)(F)F)cn1. The first kappa shape index (κ1) is 27.8. The van der Waals surface area contributed by atoms with Crippen molar-refractivity contribution in [2.75, 3.05) is 31.5 Å². The summed E-state index contributed by atoms with van der Waals surface area (Å²) in [5.74, 6) is 0.0462. The van der Waals surface area contributed by atoms with E-state index < -0.39 is 17.3 Å². The van der Waals surface area contributed by atoms with Crippen molar-refractivity contribution in [1.29, 1.82) is 0 Å². The van der Waals surface area contributed by atoms with Crippen molar-refractivity contribution in [2.24, 2.45) is 0 Å². The zero-order valence-corrected chi connectivity index (χ0v) is 22.7. The first-order valence-corrected chi connectivity index (χ1v) is 13.8. The van der Waals surface area contributed by atoms with Crippen molar-refractivity contribution in [3.8, 4) is 11.3 Å². The molecule has 2 aliphatic heterocycles. The third-order valence-electron chi connectivity index (χ3n) is 6.60. The molecule has 13 heteroatoms. The van der Waals surface area contributed by atoms with Crippen LogP contribution in [0.2, 0.25) is 0 Å². The standard InChI is InChI=1S/C26H33F3N8OS/c1-25(2,38)16-36-15-17(11-32-36)23-22(26(27,28)29)14-31-24(35-23)34-18-3-5-21(6-4-18)39-37-9-7-19(8-10-37)33-20-12-30-13-20/h3-6,11,14-15,19-20,30,33,38H,7-10,12-13,16H2,1-2H3,(H,31,34,35). The summed E-state index contributed by atoms with van der Waals surface area (Å²) in [4.78, 5) is 9.19. The fourth-order valence-electron chi connectivity index (χ4n) is 4.57.